The molecule has 104 valence electrons. The highest BCUT2D eigenvalue weighted by Gasteiger charge is 2.15. The van der Waals surface area contributed by atoms with Gasteiger partial charge >= 0.3 is 11.6 Å². The molecule has 0 saturated carbocycles. The Hall–Kier alpha value is -3.08. The first-order chi connectivity index (χ1) is 10.1. The molecule has 0 saturated heterocycles. The molecule has 0 fully saturated rings. The molecule has 3 rings (SSSR count). The molecule has 3 aromatic rings. The molecule has 1 N–H and O–H groups in total. The van der Waals surface area contributed by atoms with Gasteiger partial charge in [-0.05, 0) is 30.3 Å². The third kappa shape index (κ3) is 2.49. The van der Waals surface area contributed by atoms with E-state index in [0.29, 0.717) is 10.9 Å². The van der Waals surface area contributed by atoms with Gasteiger partial charge in [-0.3, -0.25) is 0 Å². The second-order valence-electron chi connectivity index (χ2n) is 4.34. The number of carbonyl (C=O) groups excluding carboxylic acids is 1. The van der Waals surface area contributed by atoms with Crippen LogP contribution in [0.3, 0.4) is 0 Å². The summed E-state index contributed by atoms with van der Waals surface area (Å²) in [6.07, 6.45) is 0. The molecule has 1 heterocycles. The molecule has 2 aromatic carbocycles. The highest BCUT2D eigenvalue weighted by atomic mass is 16.5. The Labute approximate surface area is 119 Å². The highest BCUT2D eigenvalue weighted by molar-refractivity contribution is 5.93. The molecule has 0 unspecified atom stereocenters. The number of phenols is 1. The van der Waals surface area contributed by atoms with Crippen molar-refractivity contribution in [2.45, 2.75) is 0 Å². The maximum atomic E-state index is 11.9. The van der Waals surface area contributed by atoms with Crippen molar-refractivity contribution >= 4 is 16.9 Å². The highest BCUT2D eigenvalue weighted by Crippen LogP contribution is 2.34. The molecule has 0 aliphatic carbocycles. The lowest BCUT2D eigenvalue weighted by atomic mass is 10.2. The largest absolute Gasteiger partial charge is 0.502 e. The Kier molecular flexibility index (Phi) is 3.16. The van der Waals surface area contributed by atoms with Crippen LogP contribution < -0.4 is 10.4 Å². The number of fused-ring (bicyclic) bond motifs is 1. The maximum absolute atomic E-state index is 11.9. The number of hydrogen-bond donors (Lipinski definition) is 1. The van der Waals surface area contributed by atoms with E-state index in [4.69, 9.17) is 9.15 Å². The normalized spacial score (nSPS) is 10.5. The van der Waals surface area contributed by atoms with E-state index in [1.54, 1.807) is 36.4 Å². The van der Waals surface area contributed by atoms with Crippen LogP contribution in [0.15, 0.2) is 63.8 Å². The number of hydrogen-bond acceptors (Lipinski definition) is 5. The zero-order valence-corrected chi connectivity index (χ0v) is 10.8. The molecular formula is C16H10O5. The summed E-state index contributed by atoms with van der Waals surface area (Å²) in [4.78, 5) is 23.1. The smallest absolute Gasteiger partial charge is 0.343 e. The maximum Gasteiger partial charge on any atom is 0.343 e. The van der Waals surface area contributed by atoms with Gasteiger partial charge in [0, 0.05) is 11.5 Å². The van der Waals surface area contributed by atoms with Crippen LogP contribution in [0, 0.1) is 0 Å². The van der Waals surface area contributed by atoms with Crippen LogP contribution in [-0.4, -0.2) is 11.1 Å². The van der Waals surface area contributed by atoms with Crippen molar-refractivity contribution < 1.29 is 19.1 Å². The fourth-order valence-electron chi connectivity index (χ4n) is 1.92. The van der Waals surface area contributed by atoms with Gasteiger partial charge in [0.05, 0.1) is 5.56 Å². The summed E-state index contributed by atoms with van der Waals surface area (Å²) < 4.78 is 10.1. The Morgan fingerprint density at radius 3 is 2.48 bits per heavy atom. The lowest BCUT2D eigenvalue weighted by Crippen LogP contribution is -2.08. The van der Waals surface area contributed by atoms with E-state index in [1.807, 2.05) is 0 Å². The predicted molar refractivity (Wildman–Crippen MR) is 75.5 cm³/mol. The Morgan fingerprint density at radius 1 is 1.00 bits per heavy atom. The number of aromatic hydroxyl groups is 1. The molecule has 0 radical (unpaired) electrons. The van der Waals surface area contributed by atoms with Crippen molar-refractivity contribution in [1.29, 1.82) is 0 Å². The second-order valence-corrected chi connectivity index (χ2v) is 4.34. The van der Waals surface area contributed by atoms with E-state index < -0.39 is 11.6 Å². The van der Waals surface area contributed by atoms with Gasteiger partial charge in [-0.1, -0.05) is 18.2 Å². The van der Waals surface area contributed by atoms with Gasteiger partial charge in [-0.2, -0.15) is 0 Å². The van der Waals surface area contributed by atoms with Gasteiger partial charge in [0.1, 0.15) is 0 Å². The van der Waals surface area contributed by atoms with Crippen LogP contribution in [0.25, 0.3) is 11.0 Å². The number of rotatable bonds is 2. The summed E-state index contributed by atoms with van der Waals surface area (Å²) in [5.74, 6) is -1.05. The lowest BCUT2D eigenvalue weighted by Gasteiger charge is -2.07. The Morgan fingerprint density at radius 2 is 1.71 bits per heavy atom. The third-order valence-corrected chi connectivity index (χ3v) is 2.94. The number of phenolic OH excluding ortho intramolecular Hbond substituents is 1. The first kappa shape index (κ1) is 12.9. The minimum atomic E-state index is -0.608. The SMILES string of the molecule is O=C(Oc1ccc2ccc(=O)oc2c1O)c1ccccc1. The molecular weight excluding hydrogens is 272 g/mol. The first-order valence-electron chi connectivity index (χ1n) is 6.18. The zero-order valence-electron chi connectivity index (χ0n) is 10.8. The third-order valence-electron chi connectivity index (χ3n) is 2.94. The summed E-state index contributed by atoms with van der Waals surface area (Å²) in [7, 11) is 0. The van der Waals surface area contributed by atoms with E-state index in [9.17, 15) is 14.7 Å². The van der Waals surface area contributed by atoms with E-state index in [0.717, 1.165) is 0 Å². The van der Waals surface area contributed by atoms with Crippen molar-refractivity contribution in [2.24, 2.45) is 0 Å². The number of benzene rings is 2. The van der Waals surface area contributed by atoms with Gasteiger partial charge in [-0.15, -0.1) is 0 Å². The van der Waals surface area contributed by atoms with Gasteiger partial charge in [0.15, 0.2) is 11.3 Å². The monoisotopic (exact) mass is 282 g/mol. The molecule has 5 nitrogen and oxygen atoms in total. The van der Waals surface area contributed by atoms with Gasteiger partial charge in [-0.25, -0.2) is 9.59 Å². The number of esters is 1. The van der Waals surface area contributed by atoms with Gasteiger partial charge in [0.2, 0.25) is 5.75 Å². The molecule has 21 heavy (non-hydrogen) atoms. The summed E-state index contributed by atoms with van der Waals surface area (Å²) >= 11 is 0. The van der Waals surface area contributed by atoms with Crippen LogP contribution in [0.1, 0.15) is 10.4 Å². The van der Waals surface area contributed by atoms with E-state index in [1.165, 1.54) is 18.2 Å². The van der Waals surface area contributed by atoms with Crippen molar-refractivity contribution in [3.8, 4) is 11.5 Å². The van der Waals surface area contributed by atoms with Crippen LogP contribution in [0.2, 0.25) is 0 Å². The molecule has 0 spiro atoms. The molecule has 1 aromatic heterocycles. The molecule has 0 amide bonds. The van der Waals surface area contributed by atoms with Gasteiger partial charge < -0.3 is 14.3 Å². The van der Waals surface area contributed by atoms with Gasteiger partial charge in [0.25, 0.3) is 0 Å². The Bertz CT molecular complexity index is 865. The van der Waals surface area contributed by atoms with Crippen molar-refractivity contribution in [3.05, 3.63) is 70.6 Å². The fourth-order valence-corrected chi connectivity index (χ4v) is 1.92. The second kappa shape index (κ2) is 5.13. The predicted octanol–water partition coefficient (Wildman–Crippen LogP) is 2.72. The van der Waals surface area contributed by atoms with Crippen LogP contribution in [0.5, 0.6) is 11.5 Å². The standard InChI is InChI=1S/C16H10O5/c17-13-9-7-10-6-8-12(14(18)15(10)21-13)20-16(19)11-4-2-1-3-5-11/h1-9,18H. The quantitative estimate of drug-likeness (QED) is 0.444. The molecule has 0 atom stereocenters. The Balaban J connectivity index is 2.00. The van der Waals surface area contributed by atoms with Crippen LogP contribution >= 0.6 is 0 Å². The molecule has 0 bridgehead atoms. The lowest BCUT2D eigenvalue weighted by molar-refractivity contribution is 0.0730. The van der Waals surface area contributed by atoms with Crippen molar-refractivity contribution in [3.63, 3.8) is 0 Å². The van der Waals surface area contributed by atoms with Crippen LogP contribution in [0.4, 0.5) is 0 Å². The average Bonchev–Trinajstić information content (AvgIpc) is 2.51. The van der Waals surface area contributed by atoms with E-state index in [-0.39, 0.29) is 17.1 Å². The van der Waals surface area contributed by atoms with E-state index >= 15 is 0 Å². The van der Waals surface area contributed by atoms with E-state index in [2.05, 4.69) is 0 Å². The summed E-state index contributed by atoms with van der Waals surface area (Å²) in [5, 5.41) is 10.6. The first-order valence-corrected chi connectivity index (χ1v) is 6.18. The zero-order chi connectivity index (χ0) is 14.8. The van der Waals surface area contributed by atoms with Crippen molar-refractivity contribution in [1.82, 2.24) is 0 Å². The minimum Gasteiger partial charge on any atom is -0.502 e. The number of ether oxygens (including phenoxy) is 1. The summed E-state index contributed by atoms with van der Waals surface area (Å²) in [5.41, 5.74) is -0.253. The number of carbonyl (C=O) groups is 1. The molecule has 0 aliphatic rings. The fraction of sp³-hybridized carbons (Fsp3) is 0. The molecule has 5 heteroatoms. The van der Waals surface area contributed by atoms with Crippen LogP contribution in [-0.2, 0) is 0 Å². The molecule has 0 aliphatic heterocycles. The average molecular weight is 282 g/mol. The summed E-state index contributed by atoms with van der Waals surface area (Å²) in [6, 6.07) is 14.2. The van der Waals surface area contributed by atoms with Crippen molar-refractivity contribution in [2.75, 3.05) is 0 Å². The summed E-state index contributed by atoms with van der Waals surface area (Å²) in [6.45, 7) is 0. The minimum absolute atomic E-state index is 0.0131. The topological polar surface area (TPSA) is 76.7 Å².